The van der Waals surface area contributed by atoms with Crippen LogP contribution in [0.4, 0.5) is 0 Å². The molecule has 1 N–H and O–H groups in total. The van der Waals surface area contributed by atoms with Gasteiger partial charge in [-0.1, -0.05) is 37.8 Å². The molecule has 1 aliphatic heterocycles. The highest BCUT2D eigenvalue weighted by molar-refractivity contribution is 5.72. The molecule has 0 spiro atoms. The molecule has 0 radical (unpaired) electrons. The smallest absolute Gasteiger partial charge is 0.309 e. The van der Waals surface area contributed by atoms with Crippen LogP contribution in [-0.2, 0) is 28.0 Å². The molecule has 2 aromatic carbocycles. The van der Waals surface area contributed by atoms with Gasteiger partial charge in [0.1, 0.15) is 11.4 Å². The molecule has 1 aliphatic rings. The number of rotatable bonds is 3. The molecule has 0 saturated carbocycles. The van der Waals surface area contributed by atoms with Crippen molar-refractivity contribution in [1.29, 1.82) is 0 Å². The monoisotopic (exact) mass is 392 g/mol. The van der Waals surface area contributed by atoms with Gasteiger partial charge < -0.3 is 14.6 Å². The van der Waals surface area contributed by atoms with E-state index in [-0.39, 0.29) is 30.0 Å². The zero-order valence-electron chi connectivity index (χ0n) is 17.8. The molecule has 1 heterocycles. The van der Waals surface area contributed by atoms with E-state index < -0.39 is 0 Å². The summed E-state index contributed by atoms with van der Waals surface area (Å²) < 4.78 is 10.9. The third-order valence-corrected chi connectivity index (χ3v) is 5.19. The average molecular weight is 392 g/mol. The highest BCUT2D eigenvalue weighted by Gasteiger charge is 2.40. The summed E-state index contributed by atoms with van der Waals surface area (Å²) in [5.74, 6) is 6.90. The van der Waals surface area contributed by atoms with Crippen LogP contribution in [-0.4, -0.2) is 23.8 Å². The highest BCUT2D eigenvalue weighted by atomic mass is 16.5. The van der Waals surface area contributed by atoms with Crippen LogP contribution in [0.2, 0.25) is 0 Å². The lowest BCUT2D eigenvalue weighted by atomic mass is 9.72. The Hall–Kier alpha value is -2.77. The maximum atomic E-state index is 11.4. The van der Waals surface area contributed by atoms with E-state index in [0.29, 0.717) is 0 Å². The van der Waals surface area contributed by atoms with Gasteiger partial charge in [-0.05, 0) is 55.5 Å². The summed E-state index contributed by atoms with van der Waals surface area (Å²) in [6, 6.07) is 11.5. The number of benzene rings is 2. The van der Waals surface area contributed by atoms with Gasteiger partial charge in [-0.3, -0.25) is 4.79 Å². The first kappa shape index (κ1) is 21.0. The molecule has 4 heteroatoms. The van der Waals surface area contributed by atoms with Gasteiger partial charge in [-0.2, -0.15) is 0 Å². The van der Waals surface area contributed by atoms with Crippen LogP contribution < -0.4 is 4.74 Å². The molecule has 3 rings (SSSR count). The summed E-state index contributed by atoms with van der Waals surface area (Å²) in [7, 11) is 1.38. The normalized spacial score (nSPS) is 16.1. The lowest BCUT2D eigenvalue weighted by Crippen LogP contribution is -2.41. The van der Waals surface area contributed by atoms with Gasteiger partial charge in [0.05, 0.1) is 20.1 Å². The van der Waals surface area contributed by atoms with Crippen LogP contribution >= 0.6 is 0 Å². The number of hydrogen-bond acceptors (Lipinski definition) is 4. The van der Waals surface area contributed by atoms with E-state index in [9.17, 15) is 9.90 Å². The number of carbonyl (C=O) groups excluding carboxylic acids is 1. The number of esters is 1. The van der Waals surface area contributed by atoms with Crippen molar-refractivity contribution in [3.63, 3.8) is 0 Å². The lowest BCUT2D eigenvalue weighted by molar-refractivity contribution is -0.139. The largest absolute Gasteiger partial charge is 0.487 e. The van der Waals surface area contributed by atoms with E-state index in [0.717, 1.165) is 40.0 Å². The molecule has 0 aliphatic carbocycles. The minimum absolute atomic E-state index is 0.0752. The quantitative estimate of drug-likeness (QED) is 0.630. The Morgan fingerprint density at radius 1 is 1.10 bits per heavy atom. The molecule has 0 unspecified atom stereocenters. The minimum Gasteiger partial charge on any atom is -0.487 e. The molecular weight excluding hydrogens is 364 g/mol. The number of aliphatic hydroxyl groups excluding tert-OH is 1. The maximum Gasteiger partial charge on any atom is 0.309 e. The topological polar surface area (TPSA) is 55.8 Å². The van der Waals surface area contributed by atoms with Crippen molar-refractivity contribution in [1.82, 2.24) is 0 Å². The van der Waals surface area contributed by atoms with Crippen molar-refractivity contribution in [2.75, 3.05) is 7.11 Å². The van der Waals surface area contributed by atoms with E-state index in [1.165, 1.54) is 7.11 Å². The van der Waals surface area contributed by atoms with Crippen LogP contribution in [0.1, 0.15) is 61.9 Å². The summed E-state index contributed by atoms with van der Waals surface area (Å²) >= 11 is 0. The first-order valence-corrected chi connectivity index (χ1v) is 9.78. The Morgan fingerprint density at radius 2 is 1.76 bits per heavy atom. The van der Waals surface area contributed by atoms with Crippen molar-refractivity contribution < 1.29 is 19.4 Å². The number of fused-ring (bicyclic) bond motifs is 1. The molecule has 2 aromatic rings. The second kappa shape index (κ2) is 7.93. The predicted molar refractivity (Wildman–Crippen MR) is 113 cm³/mol. The number of carbonyl (C=O) groups is 1. The van der Waals surface area contributed by atoms with Crippen molar-refractivity contribution in [2.24, 2.45) is 0 Å². The van der Waals surface area contributed by atoms with Gasteiger partial charge in [0.15, 0.2) is 0 Å². The van der Waals surface area contributed by atoms with E-state index >= 15 is 0 Å². The van der Waals surface area contributed by atoms with Crippen LogP contribution in [0.15, 0.2) is 36.4 Å². The molecule has 0 bridgehead atoms. The Bertz CT molecular complexity index is 972. The van der Waals surface area contributed by atoms with Gasteiger partial charge in [-0.15, -0.1) is 0 Å². The van der Waals surface area contributed by atoms with E-state index in [2.05, 4.69) is 50.3 Å². The molecule has 0 saturated heterocycles. The maximum absolute atomic E-state index is 11.4. The van der Waals surface area contributed by atoms with Crippen molar-refractivity contribution in [3.8, 4) is 17.6 Å². The van der Waals surface area contributed by atoms with Crippen molar-refractivity contribution >= 4 is 5.97 Å². The Kier molecular flexibility index (Phi) is 5.73. The standard InChI is InChI=1S/C25H28O4/c1-24(2)16-25(3,4)29-23-20(15-26)12-19(13-21(23)24)11-8-17-6-9-18(10-7-17)14-22(27)28-5/h6-7,9-10,12-13,26H,14-16H2,1-5H3. The summed E-state index contributed by atoms with van der Waals surface area (Å²) in [5.41, 5.74) is 4.09. The highest BCUT2D eigenvalue weighted by Crippen LogP contribution is 2.46. The molecule has 0 atom stereocenters. The van der Waals surface area contributed by atoms with Gasteiger partial charge in [-0.25, -0.2) is 0 Å². The summed E-state index contributed by atoms with van der Waals surface area (Å²) in [4.78, 5) is 11.4. The van der Waals surface area contributed by atoms with Crippen LogP contribution in [0.25, 0.3) is 0 Å². The minimum atomic E-state index is -0.278. The van der Waals surface area contributed by atoms with E-state index in [4.69, 9.17) is 4.74 Å². The molecule has 4 nitrogen and oxygen atoms in total. The second-order valence-corrected chi connectivity index (χ2v) is 8.79. The van der Waals surface area contributed by atoms with Gasteiger partial charge in [0.25, 0.3) is 0 Å². The summed E-state index contributed by atoms with van der Waals surface area (Å²) in [5, 5.41) is 9.90. The number of aliphatic hydroxyl groups is 1. The number of hydrogen-bond donors (Lipinski definition) is 1. The SMILES string of the molecule is COC(=O)Cc1ccc(C#Cc2cc(CO)c3c(c2)C(C)(C)CC(C)(C)O3)cc1. The van der Waals surface area contributed by atoms with Crippen molar-refractivity contribution in [3.05, 3.63) is 64.2 Å². The number of methoxy groups -OCH3 is 1. The second-order valence-electron chi connectivity index (χ2n) is 8.79. The van der Waals surface area contributed by atoms with Crippen LogP contribution in [0.3, 0.4) is 0 Å². The Balaban J connectivity index is 1.91. The Morgan fingerprint density at radius 3 is 2.38 bits per heavy atom. The average Bonchev–Trinajstić information content (AvgIpc) is 2.65. The molecule has 0 aromatic heterocycles. The summed E-state index contributed by atoms with van der Waals surface area (Å²) in [6.45, 7) is 8.47. The molecule has 0 fully saturated rings. The first-order valence-electron chi connectivity index (χ1n) is 9.78. The van der Waals surface area contributed by atoms with Crippen LogP contribution in [0.5, 0.6) is 5.75 Å². The zero-order valence-corrected chi connectivity index (χ0v) is 17.8. The van der Waals surface area contributed by atoms with Crippen molar-refractivity contribution in [2.45, 2.75) is 58.2 Å². The fourth-order valence-corrected chi connectivity index (χ4v) is 4.06. The summed E-state index contributed by atoms with van der Waals surface area (Å²) in [6.07, 6.45) is 1.14. The fraction of sp³-hybridized carbons (Fsp3) is 0.400. The first-order chi connectivity index (χ1) is 13.6. The van der Waals surface area contributed by atoms with Gasteiger partial charge in [0.2, 0.25) is 0 Å². The Labute approximate surface area is 172 Å². The molecule has 29 heavy (non-hydrogen) atoms. The molecule has 152 valence electrons. The van der Waals surface area contributed by atoms with Gasteiger partial charge in [0, 0.05) is 22.3 Å². The third kappa shape index (κ3) is 4.81. The van der Waals surface area contributed by atoms with E-state index in [1.807, 2.05) is 30.3 Å². The molecule has 0 amide bonds. The predicted octanol–water partition coefficient (Wildman–Crippen LogP) is 4.13. The van der Waals surface area contributed by atoms with E-state index in [1.54, 1.807) is 0 Å². The third-order valence-electron chi connectivity index (χ3n) is 5.19. The van der Waals surface area contributed by atoms with Crippen LogP contribution in [0, 0.1) is 11.8 Å². The zero-order chi connectivity index (χ0) is 21.2. The van der Waals surface area contributed by atoms with Gasteiger partial charge >= 0.3 is 5.97 Å². The number of ether oxygens (including phenoxy) is 2. The molecular formula is C25H28O4. The lowest BCUT2D eigenvalue weighted by Gasteiger charge is -2.43. The fourth-order valence-electron chi connectivity index (χ4n) is 4.06.